The fourth-order valence-electron chi connectivity index (χ4n) is 1.86. The molecule has 1 aliphatic rings. The van der Waals surface area contributed by atoms with E-state index in [1.165, 1.54) is 7.11 Å². The molecule has 0 N–H and O–H groups in total. The first-order valence-electron chi connectivity index (χ1n) is 5.89. The zero-order chi connectivity index (χ0) is 14.5. The molecule has 2 rings (SSSR count). The lowest BCUT2D eigenvalue weighted by Crippen LogP contribution is -2.24. The number of halogens is 1. The van der Waals surface area contributed by atoms with E-state index in [0.29, 0.717) is 6.54 Å². The Kier molecular flexibility index (Phi) is 4.56. The zero-order valence-electron chi connectivity index (χ0n) is 10.8. The number of methoxy groups -OCH3 is 1. The second-order valence-electron chi connectivity index (χ2n) is 4.12. The van der Waals surface area contributed by atoms with E-state index in [1.807, 2.05) is 30.2 Å². The molecule has 0 aliphatic carbocycles. The third-order valence-corrected chi connectivity index (χ3v) is 3.37. The molecule has 0 unspecified atom stereocenters. The Morgan fingerprint density at radius 3 is 2.65 bits per heavy atom. The Labute approximate surface area is 125 Å². The number of ether oxygens (including phenoxy) is 1. The van der Waals surface area contributed by atoms with Gasteiger partial charge in [-0.15, -0.1) is 0 Å². The molecule has 0 fully saturated rings. The third-order valence-electron chi connectivity index (χ3n) is 2.84. The number of hydrogen-bond acceptors (Lipinski definition) is 4. The van der Waals surface area contributed by atoms with Crippen LogP contribution < -0.4 is 0 Å². The van der Waals surface area contributed by atoms with Gasteiger partial charge in [-0.25, -0.2) is 9.59 Å². The fourth-order valence-corrected chi connectivity index (χ4v) is 2.12. The molecule has 0 aromatic heterocycles. The molecule has 1 aliphatic heterocycles. The Morgan fingerprint density at radius 1 is 1.35 bits per heavy atom. The van der Waals surface area contributed by atoms with Crippen molar-refractivity contribution in [2.75, 3.05) is 7.11 Å². The summed E-state index contributed by atoms with van der Waals surface area (Å²) in [6.45, 7) is 0.475. The molecule has 1 heterocycles. The molecule has 0 atom stereocenters. The van der Waals surface area contributed by atoms with Crippen molar-refractivity contribution >= 4 is 27.8 Å². The summed E-state index contributed by atoms with van der Waals surface area (Å²) in [5.74, 6) is 1.27. The quantitative estimate of drug-likeness (QED) is 0.630. The van der Waals surface area contributed by atoms with Gasteiger partial charge in [0.1, 0.15) is 5.70 Å². The van der Waals surface area contributed by atoms with E-state index < -0.39 is 5.97 Å². The number of carbonyl (C=O) groups is 1. The topological polar surface area (TPSA) is 46.6 Å². The van der Waals surface area contributed by atoms with Gasteiger partial charge in [0.25, 0.3) is 0 Å². The highest BCUT2D eigenvalue weighted by Gasteiger charge is 2.23. The van der Waals surface area contributed by atoms with Crippen LogP contribution in [0.5, 0.6) is 0 Å². The van der Waals surface area contributed by atoms with Crippen LogP contribution in [0, 0.1) is 0 Å². The third kappa shape index (κ3) is 3.07. The van der Waals surface area contributed by atoms with Gasteiger partial charge in [0.05, 0.1) is 12.7 Å². The van der Waals surface area contributed by atoms with Crippen LogP contribution >= 0.6 is 15.9 Å². The van der Waals surface area contributed by atoms with Gasteiger partial charge in [-0.3, -0.25) is 0 Å². The van der Waals surface area contributed by atoms with Gasteiger partial charge in [0, 0.05) is 17.2 Å². The largest absolute Gasteiger partial charge is 0.465 e. The lowest BCUT2D eigenvalue weighted by Gasteiger charge is -2.24. The van der Waals surface area contributed by atoms with Crippen LogP contribution in [0.2, 0.25) is 0 Å². The van der Waals surface area contributed by atoms with Crippen LogP contribution in [-0.2, 0) is 20.9 Å². The molecule has 5 heteroatoms. The summed E-state index contributed by atoms with van der Waals surface area (Å²) in [7, 11) is 1.28. The van der Waals surface area contributed by atoms with Crippen molar-refractivity contribution in [2.24, 2.45) is 0 Å². The molecule has 1 aromatic carbocycles. The summed E-state index contributed by atoms with van der Waals surface area (Å²) >= 11 is 3.37. The van der Waals surface area contributed by atoms with Crippen LogP contribution in [0.15, 0.2) is 58.4 Å². The van der Waals surface area contributed by atoms with E-state index in [0.717, 1.165) is 10.0 Å². The van der Waals surface area contributed by atoms with E-state index in [1.54, 1.807) is 23.3 Å². The molecule has 1 aromatic rings. The standard InChI is InChI=1S/C15H12BrNO3/c1-20-15(19)13-3-2-8-17(14(13)10-18)9-11-4-6-12(16)7-5-11/h2-8H,9H2,1H3. The van der Waals surface area contributed by atoms with E-state index >= 15 is 0 Å². The average molecular weight is 334 g/mol. The molecule has 0 spiro atoms. The number of allylic oxidation sites excluding steroid dienone is 2. The molecular weight excluding hydrogens is 322 g/mol. The second-order valence-corrected chi connectivity index (χ2v) is 5.03. The van der Waals surface area contributed by atoms with E-state index in [4.69, 9.17) is 0 Å². The SMILES string of the molecule is COC(=O)C1=CC=CN(Cc2ccc(Br)cc2)C1=C=O. The van der Waals surface area contributed by atoms with Gasteiger partial charge in [-0.05, 0) is 29.8 Å². The monoisotopic (exact) mass is 333 g/mol. The molecule has 102 valence electrons. The van der Waals surface area contributed by atoms with Gasteiger partial charge in [0.15, 0.2) is 5.94 Å². The minimum atomic E-state index is -0.548. The fraction of sp³-hybridized carbons (Fsp3) is 0.133. The van der Waals surface area contributed by atoms with Gasteiger partial charge < -0.3 is 9.64 Å². The molecular formula is C15H12BrNO3. The highest BCUT2D eigenvalue weighted by molar-refractivity contribution is 9.10. The maximum Gasteiger partial charge on any atom is 0.340 e. The number of benzene rings is 1. The van der Waals surface area contributed by atoms with Crippen molar-refractivity contribution in [1.29, 1.82) is 0 Å². The number of esters is 1. The maximum atomic E-state index is 11.6. The Balaban J connectivity index is 2.23. The first kappa shape index (κ1) is 14.3. The second kappa shape index (κ2) is 6.37. The zero-order valence-corrected chi connectivity index (χ0v) is 12.4. The first-order valence-corrected chi connectivity index (χ1v) is 6.68. The highest BCUT2D eigenvalue weighted by atomic mass is 79.9. The lowest BCUT2D eigenvalue weighted by molar-refractivity contribution is -0.135. The molecule has 0 saturated heterocycles. The van der Waals surface area contributed by atoms with Crippen molar-refractivity contribution in [2.45, 2.75) is 6.54 Å². The predicted octanol–water partition coefficient (Wildman–Crippen LogP) is 2.59. The van der Waals surface area contributed by atoms with Crippen molar-refractivity contribution in [3.63, 3.8) is 0 Å². The average Bonchev–Trinajstić information content (AvgIpc) is 2.48. The van der Waals surface area contributed by atoms with E-state index in [2.05, 4.69) is 20.7 Å². The minimum absolute atomic E-state index is 0.183. The van der Waals surface area contributed by atoms with E-state index in [-0.39, 0.29) is 11.3 Å². The summed E-state index contributed by atoms with van der Waals surface area (Å²) in [4.78, 5) is 24.4. The van der Waals surface area contributed by atoms with Crippen LogP contribution in [-0.4, -0.2) is 23.9 Å². The van der Waals surface area contributed by atoms with Gasteiger partial charge in [-0.2, -0.15) is 0 Å². The van der Waals surface area contributed by atoms with Crippen molar-refractivity contribution in [3.05, 3.63) is 63.9 Å². The van der Waals surface area contributed by atoms with Crippen LogP contribution in [0.4, 0.5) is 0 Å². The van der Waals surface area contributed by atoms with Crippen molar-refractivity contribution in [3.8, 4) is 0 Å². The molecule has 4 nitrogen and oxygen atoms in total. The van der Waals surface area contributed by atoms with E-state index in [9.17, 15) is 9.59 Å². The summed E-state index contributed by atoms with van der Waals surface area (Å²) in [5.41, 5.74) is 1.40. The first-order chi connectivity index (χ1) is 9.65. The molecule has 0 bridgehead atoms. The Morgan fingerprint density at radius 2 is 2.05 bits per heavy atom. The molecule has 0 amide bonds. The number of carbonyl (C=O) groups excluding carboxylic acids is 2. The van der Waals surface area contributed by atoms with Crippen LogP contribution in [0.1, 0.15) is 5.56 Å². The number of rotatable bonds is 3. The highest BCUT2D eigenvalue weighted by Crippen LogP contribution is 2.22. The Hall–Kier alpha value is -2.10. The van der Waals surface area contributed by atoms with Crippen molar-refractivity contribution < 1.29 is 14.3 Å². The maximum absolute atomic E-state index is 11.6. The summed E-state index contributed by atoms with van der Waals surface area (Å²) in [5, 5.41) is 0. The van der Waals surface area contributed by atoms with Crippen molar-refractivity contribution in [1.82, 2.24) is 4.90 Å². The molecule has 0 saturated carbocycles. The van der Waals surface area contributed by atoms with Gasteiger partial charge >= 0.3 is 5.97 Å². The normalized spacial score (nSPS) is 13.8. The smallest absolute Gasteiger partial charge is 0.340 e. The number of nitrogens with zero attached hydrogens (tertiary/aromatic N) is 1. The molecule has 0 radical (unpaired) electrons. The number of hydrogen-bond donors (Lipinski definition) is 0. The summed E-state index contributed by atoms with van der Waals surface area (Å²) in [6.07, 6.45) is 4.98. The van der Waals surface area contributed by atoms with Crippen LogP contribution in [0.3, 0.4) is 0 Å². The predicted molar refractivity (Wildman–Crippen MR) is 78.1 cm³/mol. The Bertz CT molecular complexity index is 625. The van der Waals surface area contributed by atoms with Gasteiger partial charge in [0.2, 0.25) is 0 Å². The van der Waals surface area contributed by atoms with Gasteiger partial charge in [-0.1, -0.05) is 28.1 Å². The lowest BCUT2D eigenvalue weighted by atomic mass is 10.1. The summed E-state index contributed by atoms with van der Waals surface area (Å²) < 4.78 is 5.65. The van der Waals surface area contributed by atoms with Crippen LogP contribution in [0.25, 0.3) is 0 Å². The summed E-state index contributed by atoms with van der Waals surface area (Å²) in [6, 6.07) is 7.72. The minimum Gasteiger partial charge on any atom is -0.465 e. The molecule has 20 heavy (non-hydrogen) atoms.